The molecule has 0 saturated carbocycles. The molecule has 0 fully saturated rings. The average molecular weight is 476 g/mol. The molecule has 32 heavy (non-hydrogen) atoms. The van der Waals surface area contributed by atoms with E-state index in [0.29, 0.717) is 25.0 Å². The maximum absolute atomic E-state index is 12.8. The highest BCUT2D eigenvalue weighted by atomic mass is 32.2. The molecule has 12 heteroatoms. The summed E-state index contributed by atoms with van der Waals surface area (Å²) in [4.78, 5) is 60.5. The lowest BCUT2D eigenvalue weighted by molar-refractivity contribution is -0.132. The molecular formula is C20H37N5O6S. The quantitative estimate of drug-likeness (QED) is 0.237. The number of hydrogen-bond acceptors (Lipinski definition) is 7. The molecule has 0 aliphatic rings. The molecule has 7 N–H and O–H groups in total. The number of carbonyl (C=O) groups is 5. The standard InChI is InChI=1S/C20H37N5O6S/c1-6-7-13(17(28)23-12(16(22)27)10-11-32-5)24-18(29)14(8-9-15(21)26)25-19(30)31-20(2,3)4/h12-14H,6-11H2,1-5H3,(H2,21,26)(H2,22,27)(H,23,28)(H,24,29)(H,25,30)/t12-,13-,14-/m0/s1. The summed E-state index contributed by atoms with van der Waals surface area (Å²) in [6.07, 6.45) is 2.01. The van der Waals surface area contributed by atoms with Crippen molar-refractivity contribution in [2.75, 3.05) is 12.0 Å². The molecule has 11 nitrogen and oxygen atoms in total. The number of primary amides is 2. The normalized spacial score (nSPS) is 13.9. The Hall–Kier alpha value is -2.50. The first-order valence-electron chi connectivity index (χ1n) is 10.5. The Morgan fingerprint density at radius 2 is 1.41 bits per heavy atom. The molecule has 0 aromatic heterocycles. The van der Waals surface area contributed by atoms with Gasteiger partial charge in [-0.25, -0.2) is 4.79 Å². The smallest absolute Gasteiger partial charge is 0.408 e. The number of carbonyl (C=O) groups excluding carboxylic acids is 5. The summed E-state index contributed by atoms with van der Waals surface area (Å²) >= 11 is 1.51. The van der Waals surface area contributed by atoms with Crippen molar-refractivity contribution in [1.82, 2.24) is 16.0 Å². The Morgan fingerprint density at radius 1 is 0.875 bits per heavy atom. The molecule has 0 bridgehead atoms. The summed E-state index contributed by atoms with van der Waals surface area (Å²) in [6.45, 7) is 6.83. The summed E-state index contributed by atoms with van der Waals surface area (Å²) in [6, 6.07) is -2.97. The van der Waals surface area contributed by atoms with E-state index in [1.54, 1.807) is 20.8 Å². The summed E-state index contributed by atoms with van der Waals surface area (Å²) in [5.74, 6) is -1.93. The lowest BCUT2D eigenvalue weighted by Gasteiger charge is -2.26. The van der Waals surface area contributed by atoms with Crippen LogP contribution >= 0.6 is 11.8 Å². The number of ether oxygens (including phenoxy) is 1. The van der Waals surface area contributed by atoms with Crippen LogP contribution in [0.15, 0.2) is 0 Å². The summed E-state index contributed by atoms with van der Waals surface area (Å²) in [5, 5.41) is 7.57. The molecule has 0 aromatic rings. The molecule has 3 atom stereocenters. The Morgan fingerprint density at radius 3 is 1.84 bits per heavy atom. The van der Waals surface area contributed by atoms with Crippen LogP contribution in [-0.4, -0.2) is 65.5 Å². The van der Waals surface area contributed by atoms with Gasteiger partial charge in [-0.15, -0.1) is 0 Å². The highest BCUT2D eigenvalue weighted by Crippen LogP contribution is 2.09. The predicted molar refractivity (Wildman–Crippen MR) is 123 cm³/mol. The molecule has 0 saturated heterocycles. The SMILES string of the molecule is CCC[C@H](NC(=O)[C@H](CCC(N)=O)NC(=O)OC(C)(C)C)C(=O)N[C@@H](CCSC)C(N)=O. The fourth-order valence-corrected chi connectivity index (χ4v) is 3.10. The fraction of sp³-hybridized carbons (Fsp3) is 0.750. The van der Waals surface area contributed by atoms with Crippen LogP contribution in [0.2, 0.25) is 0 Å². The van der Waals surface area contributed by atoms with E-state index in [4.69, 9.17) is 16.2 Å². The van der Waals surface area contributed by atoms with Crippen LogP contribution in [0.1, 0.15) is 59.8 Å². The molecular weight excluding hydrogens is 438 g/mol. The van der Waals surface area contributed by atoms with Gasteiger partial charge in [0, 0.05) is 6.42 Å². The van der Waals surface area contributed by atoms with E-state index in [1.165, 1.54) is 11.8 Å². The molecule has 0 radical (unpaired) electrons. The Balaban J connectivity index is 5.34. The topological polar surface area (TPSA) is 183 Å². The van der Waals surface area contributed by atoms with Crippen molar-refractivity contribution < 1.29 is 28.7 Å². The van der Waals surface area contributed by atoms with E-state index >= 15 is 0 Å². The van der Waals surface area contributed by atoms with Crippen LogP contribution in [0, 0.1) is 0 Å². The first-order chi connectivity index (χ1) is 14.8. The van der Waals surface area contributed by atoms with Crippen LogP contribution in [0.4, 0.5) is 4.79 Å². The molecule has 0 heterocycles. The molecule has 0 unspecified atom stereocenters. The van der Waals surface area contributed by atoms with Crippen molar-refractivity contribution in [3.63, 3.8) is 0 Å². The minimum atomic E-state index is -1.15. The largest absolute Gasteiger partial charge is 0.444 e. The van der Waals surface area contributed by atoms with E-state index in [0.717, 1.165) is 0 Å². The van der Waals surface area contributed by atoms with Crippen LogP contribution in [-0.2, 0) is 23.9 Å². The van der Waals surface area contributed by atoms with Gasteiger partial charge in [-0.05, 0) is 52.0 Å². The Bertz CT molecular complexity index is 667. The van der Waals surface area contributed by atoms with Gasteiger partial charge < -0.3 is 32.2 Å². The summed E-state index contributed by atoms with van der Waals surface area (Å²) < 4.78 is 5.16. The van der Waals surface area contributed by atoms with E-state index in [1.807, 2.05) is 13.2 Å². The number of thioether (sulfide) groups is 1. The monoisotopic (exact) mass is 475 g/mol. The summed E-state index contributed by atoms with van der Waals surface area (Å²) in [7, 11) is 0. The third kappa shape index (κ3) is 13.0. The molecule has 0 aromatic carbocycles. The predicted octanol–water partition coefficient (Wildman–Crippen LogP) is 0.153. The second-order valence-corrected chi connectivity index (χ2v) is 9.28. The van der Waals surface area contributed by atoms with Crippen molar-refractivity contribution in [3.8, 4) is 0 Å². The van der Waals surface area contributed by atoms with Crippen LogP contribution in [0.5, 0.6) is 0 Å². The van der Waals surface area contributed by atoms with Gasteiger partial charge in [-0.2, -0.15) is 11.8 Å². The number of rotatable bonds is 14. The first kappa shape index (κ1) is 29.5. The van der Waals surface area contributed by atoms with Crippen LogP contribution in [0.25, 0.3) is 0 Å². The van der Waals surface area contributed by atoms with E-state index < -0.39 is 53.4 Å². The number of nitrogens with one attached hydrogen (secondary N) is 3. The Kier molecular flexibility index (Phi) is 13.4. The first-order valence-corrected chi connectivity index (χ1v) is 11.9. The van der Waals surface area contributed by atoms with Gasteiger partial charge in [-0.3, -0.25) is 19.2 Å². The minimum Gasteiger partial charge on any atom is -0.444 e. The van der Waals surface area contributed by atoms with Crippen molar-refractivity contribution in [1.29, 1.82) is 0 Å². The second kappa shape index (κ2) is 14.5. The molecule has 0 aliphatic heterocycles. The molecule has 0 spiro atoms. The summed E-state index contributed by atoms with van der Waals surface area (Å²) in [5.41, 5.74) is 9.74. The van der Waals surface area contributed by atoms with Crippen molar-refractivity contribution >= 4 is 41.5 Å². The van der Waals surface area contributed by atoms with Crippen molar-refractivity contribution in [3.05, 3.63) is 0 Å². The average Bonchev–Trinajstić information content (AvgIpc) is 2.65. The lowest BCUT2D eigenvalue weighted by atomic mass is 10.1. The fourth-order valence-electron chi connectivity index (χ4n) is 2.63. The zero-order valence-corrected chi connectivity index (χ0v) is 20.3. The number of hydrogen-bond donors (Lipinski definition) is 5. The third-order valence-corrected chi connectivity index (χ3v) is 4.81. The minimum absolute atomic E-state index is 0.0709. The van der Waals surface area contributed by atoms with Gasteiger partial charge in [0.2, 0.25) is 23.6 Å². The molecule has 0 aliphatic carbocycles. The maximum Gasteiger partial charge on any atom is 0.408 e. The van der Waals surface area contributed by atoms with Gasteiger partial charge in [0.1, 0.15) is 23.7 Å². The van der Waals surface area contributed by atoms with E-state index in [2.05, 4.69) is 16.0 Å². The maximum atomic E-state index is 12.8. The van der Waals surface area contributed by atoms with Gasteiger partial charge >= 0.3 is 6.09 Å². The van der Waals surface area contributed by atoms with E-state index in [9.17, 15) is 24.0 Å². The van der Waals surface area contributed by atoms with Crippen molar-refractivity contribution in [2.45, 2.75) is 83.5 Å². The van der Waals surface area contributed by atoms with Gasteiger partial charge in [-0.1, -0.05) is 13.3 Å². The molecule has 5 amide bonds. The highest BCUT2D eigenvalue weighted by Gasteiger charge is 2.29. The third-order valence-electron chi connectivity index (χ3n) is 4.17. The van der Waals surface area contributed by atoms with E-state index in [-0.39, 0.29) is 12.8 Å². The van der Waals surface area contributed by atoms with Crippen LogP contribution in [0.3, 0.4) is 0 Å². The second-order valence-electron chi connectivity index (χ2n) is 8.30. The zero-order valence-electron chi connectivity index (χ0n) is 19.5. The van der Waals surface area contributed by atoms with Gasteiger partial charge in [0.15, 0.2) is 0 Å². The zero-order chi connectivity index (χ0) is 24.9. The van der Waals surface area contributed by atoms with Gasteiger partial charge in [0.05, 0.1) is 0 Å². The van der Waals surface area contributed by atoms with Gasteiger partial charge in [0.25, 0.3) is 0 Å². The highest BCUT2D eigenvalue weighted by molar-refractivity contribution is 7.98. The number of nitrogens with two attached hydrogens (primary N) is 2. The molecule has 184 valence electrons. The molecule has 0 rings (SSSR count). The Labute approximate surface area is 193 Å². The number of amides is 5. The van der Waals surface area contributed by atoms with Crippen molar-refractivity contribution in [2.24, 2.45) is 11.5 Å². The van der Waals surface area contributed by atoms with Crippen LogP contribution < -0.4 is 27.4 Å². The number of alkyl carbamates (subject to hydrolysis) is 1. The lowest BCUT2D eigenvalue weighted by Crippen LogP contribution is -2.56.